The second kappa shape index (κ2) is 5.58. The van der Waals surface area contributed by atoms with Gasteiger partial charge in [0.2, 0.25) is 10.0 Å². The SMILES string of the molecule is CC(N)c1ccc(S(=O)(=O)N2CCCC(O)C2)cc1. The van der Waals surface area contributed by atoms with Gasteiger partial charge in [0.15, 0.2) is 0 Å². The Morgan fingerprint density at radius 2 is 2.00 bits per heavy atom. The second-order valence-electron chi connectivity index (χ2n) is 5.02. The van der Waals surface area contributed by atoms with Crippen LogP contribution in [0, 0.1) is 0 Å². The molecule has 0 saturated carbocycles. The van der Waals surface area contributed by atoms with Gasteiger partial charge in [0, 0.05) is 19.1 Å². The number of rotatable bonds is 3. The van der Waals surface area contributed by atoms with Crippen LogP contribution in [0.4, 0.5) is 0 Å². The van der Waals surface area contributed by atoms with Crippen molar-refractivity contribution < 1.29 is 13.5 Å². The lowest BCUT2D eigenvalue weighted by Gasteiger charge is -2.29. The summed E-state index contributed by atoms with van der Waals surface area (Å²) in [6.07, 6.45) is 0.792. The van der Waals surface area contributed by atoms with Crippen LogP contribution in [0.5, 0.6) is 0 Å². The number of piperidine rings is 1. The molecule has 0 amide bonds. The maximum absolute atomic E-state index is 12.4. The second-order valence-corrected chi connectivity index (χ2v) is 6.95. The van der Waals surface area contributed by atoms with E-state index in [0.717, 1.165) is 5.56 Å². The van der Waals surface area contributed by atoms with Crippen LogP contribution in [0.1, 0.15) is 31.4 Å². The zero-order valence-electron chi connectivity index (χ0n) is 11.0. The molecule has 19 heavy (non-hydrogen) atoms. The first-order chi connectivity index (χ1) is 8.91. The minimum atomic E-state index is -3.50. The van der Waals surface area contributed by atoms with Gasteiger partial charge in [-0.05, 0) is 37.5 Å². The Kier molecular flexibility index (Phi) is 4.25. The topological polar surface area (TPSA) is 83.6 Å². The van der Waals surface area contributed by atoms with Gasteiger partial charge in [0.25, 0.3) is 0 Å². The van der Waals surface area contributed by atoms with E-state index in [9.17, 15) is 13.5 Å². The number of benzene rings is 1. The molecular weight excluding hydrogens is 264 g/mol. The Morgan fingerprint density at radius 1 is 1.37 bits per heavy atom. The van der Waals surface area contributed by atoms with Crippen LogP contribution < -0.4 is 5.73 Å². The number of hydrogen-bond acceptors (Lipinski definition) is 4. The Bertz CT molecular complexity index is 525. The molecule has 1 fully saturated rings. The van der Waals surface area contributed by atoms with Crippen LogP contribution >= 0.6 is 0 Å². The molecule has 106 valence electrons. The smallest absolute Gasteiger partial charge is 0.243 e. The van der Waals surface area contributed by atoms with E-state index in [1.54, 1.807) is 24.3 Å². The van der Waals surface area contributed by atoms with Crippen LogP contribution in [0.15, 0.2) is 29.2 Å². The highest BCUT2D eigenvalue weighted by Crippen LogP contribution is 2.22. The van der Waals surface area contributed by atoms with Crippen LogP contribution in [0.3, 0.4) is 0 Å². The van der Waals surface area contributed by atoms with Crippen LogP contribution in [-0.4, -0.2) is 37.0 Å². The number of nitrogens with zero attached hydrogens (tertiary/aromatic N) is 1. The highest BCUT2D eigenvalue weighted by Gasteiger charge is 2.29. The summed E-state index contributed by atoms with van der Waals surface area (Å²) in [5.74, 6) is 0. The van der Waals surface area contributed by atoms with E-state index in [4.69, 9.17) is 5.73 Å². The molecule has 1 aromatic rings. The molecule has 0 bridgehead atoms. The average Bonchev–Trinajstić information content (AvgIpc) is 2.39. The Balaban J connectivity index is 2.23. The van der Waals surface area contributed by atoms with Crippen molar-refractivity contribution in [3.63, 3.8) is 0 Å². The standard InChI is InChI=1S/C13H20N2O3S/c1-10(14)11-4-6-13(7-5-11)19(17,18)15-8-2-3-12(16)9-15/h4-7,10,12,16H,2-3,8-9,14H2,1H3. The van der Waals surface area contributed by atoms with E-state index < -0.39 is 16.1 Å². The van der Waals surface area contributed by atoms with Crippen LogP contribution in [-0.2, 0) is 10.0 Å². The van der Waals surface area contributed by atoms with Gasteiger partial charge in [-0.2, -0.15) is 4.31 Å². The number of aliphatic hydroxyl groups excluding tert-OH is 1. The molecule has 3 N–H and O–H groups in total. The summed E-state index contributed by atoms with van der Waals surface area (Å²) in [6, 6.07) is 6.51. The fourth-order valence-electron chi connectivity index (χ4n) is 2.23. The lowest BCUT2D eigenvalue weighted by atomic mass is 10.1. The van der Waals surface area contributed by atoms with Crippen molar-refractivity contribution in [1.82, 2.24) is 4.31 Å². The van der Waals surface area contributed by atoms with Gasteiger partial charge in [0.05, 0.1) is 11.0 Å². The average molecular weight is 284 g/mol. The summed E-state index contributed by atoms with van der Waals surface area (Å²) in [4.78, 5) is 0.256. The summed E-state index contributed by atoms with van der Waals surface area (Å²) in [6.45, 7) is 2.50. The van der Waals surface area contributed by atoms with Crippen LogP contribution in [0.25, 0.3) is 0 Å². The van der Waals surface area contributed by atoms with Gasteiger partial charge in [-0.25, -0.2) is 8.42 Å². The Labute approximate surface area is 114 Å². The molecule has 1 aliphatic heterocycles. The van der Waals surface area contributed by atoms with E-state index in [0.29, 0.717) is 19.4 Å². The first-order valence-corrected chi connectivity index (χ1v) is 7.89. The zero-order chi connectivity index (χ0) is 14.0. The van der Waals surface area contributed by atoms with E-state index in [1.165, 1.54) is 4.31 Å². The number of nitrogens with two attached hydrogens (primary N) is 1. The number of aliphatic hydroxyl groups is 1. The minimum absolute atomic E-state index is 0.117. The third-order valence-corrected chi connectivity index (χ3v) is 5.28. The molecule has 1 aliphatic rings. The third-order valence-electron chi connectivity index (χ3n) is 3.40. The van der Waals surface area contributed by atoms with Crippen molar-refractivity contribution in [2.75, 3.05) is 13.1 Å². The predicted molar refractivity (Wildman–Crippen MR) is 73.0 cm³/mol. The molecule has 6 heteroatoms. The van der Waals surface area contributed by atoms with Gasteiger partial charge in [0.1, 0.15) is 0 Å². The number of β-amino-alcohol motifs (C(OH)–C–C–N with tert-alkyl or cyclic N) is 1. The molecule has 1 heterocycles. The largest absolute Gasteiger partial charge is 0.392 e. The monoisotopic (exact) mass is 284 g/mol. The molecule has 0 radical (unpaired) electrons. The van der Waals surface area contributed by atoms with Gasteiger partial charge in [-0.1, -0.05) is 12.1 Å². The van der Waals surface area contributed by atoms with Crippen molar-refractivity contribution in [1.29, 1.82) is 0 Å². The third kappa shape index (κ3) is 3.14. The Morgan fingerprint density at radius 3 is 2.53 bits per heavy atom. The molecule has 1 aromatic carbocycles. The van der Waals surface area contributed by atoms with Gasteiger partial charge < -0.3 is 10.8 Å². The van der Waals surface area contributed by atoms with E-state index in [1.807, 2.05) is 6.92 Å². The molecule has 2 rings (SSSR count). The summed E-state index contributed by atoms with van der Waals surface area (Å²) in [5.41, 5.74) is 6.64. The summed E-state index contributed by atoms with van der Waals surface area (Å²) in [7, 11) is -3.50. The predicted octanol–water partition coefficient (Wildman–Crippen LogP) is 0.852. The fraction of sp³-hybridized carbons (Fsp3) is 0.538. The maximum atomic E-state index is 12.4. The molecule has 0 aromatic heterocycles. The van der Waals surface area contributed by atoms with Crippen molar-refractivity contribution in [2.45, 2.75) is 36.8 Å². The molecule has 2 atom stereocenters. The minimum Gasteiger partial charge on any atom is -0.392 e. The molecule has 0 aliphatic carbocycles. The van der Waals surface area contributed by atoms with Crippen molar-refractivity contribution in [3.05, 3.63) is 29.8 Å². The highest BCUT2D eigenvalue weighted by molar-refractivity contribution is 7.89. The normalized spacial score (nSPS) is 23.2. The van der Waals surface area contributed by atoms with Crippen LogP contribution in [0.2, 0.25) is 0 Å². The quantitative estimate of drug-likeness (QED) is 0.862. The zero-order valence-corrected chi connectivity index (χ0v) is 11.8. The molecule has 1 saturated heterocycles. The summed E-state index contributed by atoms with van der Waals surface area (Å²) >= 11 is 0. The van der Waals surface area contributed by atoms with E-state index >= 15 is 0 Å². The first-order valence-electron chi connectivity index (χ1n) is 6.45. The number of hydrogen-bond donors (Lipinski definition) is 2. The van der Waals surface area contributed by atoms with Gasteiger partial charge in [-0.3, -0.25) is 0 Å². The molecule has 2 unspecified atom stereocenters. The molecule has 5 nitrogen and oxygen atoms in total. The lowest BCUT2D eigenvalue weighted by molar-refractivity contribution is 0.108. The Hall–Kier alpha value is -0.950. The van der Waals surface area contributed by atoms with E-state index in [2.05, 4.69) is 0 Å². The number of sulfonamides is 1. The van der Waals surface area contributed by atoms with Gasteiger partial charge in [-0.15, -0.1) is 0 Å². The maximum Gasteiger partial charge on any atom is 0.243 e. The van der Waals surface area contributed by atoms with Crippen molar-refractivity contribution in [3.8, 4) is 0 Å². The molecular formula is C13H20N2O3S. The van der Waals surface area contributed by atoms with Crippen molar-refractivity contribution >= 4 is 10.0 Å². The van der Waals surface area contributed by atoms with Crippen molar-refractivity contribution in [2.24, 2.45) is 5.73 Å². The summed E-state index contributed by atoms with van der Waals surface area (Å²) < 4.78 is 26.1. The molecule has 0 spiro atoms. The lowest BCUT2D eigenvalue weighted by Crippen LogP contribution is -2.42. The summed E-state index contributed by atoms with van der Waals surface area (Å²) in [5, 5.41) is 9.58. The highest BCUT2D eigenvalue weighted by atomic mass is 32.2. The fourth-order valence-corrected chi connectivity index (χ4v) is 3.75. The first kappa shape index (κ1) is 14.5. The van der Waals surface area contributed by atoms with Gasteiger partial charge >= 0.3 is 0 Å². The van der Waals surface area contributed by atoms with E-state index in [-0.39, 0.29) is 17.5 Å².